The number of nitrogens with one attached hydrogen (secondary N) is 2. The van der Waals surface area contributed by atoms with Gasteiger partial charge in [0.15, 0.2) is 17.6 Å². The van der Waals surface area contributed by atoms with Crippen LogP contribution in [-0.2, 0) is 12.8 Å². The third-order valence-electron chi connectivity index (χ3n) is 4.69. The molecule has 0 bridgehead atoms. The Morgan fingerprint density at radius 3 is 2.96 bits per heavy atom. The number of aliphatic imine (C=N–C) groups is 1. The molecule has 0 radical (unpaired) electrons. The highest BCUT2D eigenvalue weighted by Gasteiger charge is 2.25. The molecule has 6 nitrogen and oxygen atoms in total. The smallest absolute Gasteiger partial charge is 0.191 e. The molecule has 1 unspecified atom stereocenters. The van der Waals surface area contributed by atoms with E-state index in [1.165, 1.54) is 16.6 Å². The number of nitrogens with zero attached hydrogens (tertiary/aromatic N) is 4. The van der Waals surface area contributed by atoms with Crippen molar-refractivity contribution in [1.29, 1.82) is 0 Å². The minimum Gasteiger partial charge on any atom is -0.356 e. The number of halogens is 2. The van der Waals surface area contributed by atoms with E-state index in [9.17, 15) is 4.39 Å². The SMILES string of the molecule is CCc1nc(CCNC(=NC)NC2CCN(c3ncccc3F)C2)sc1C.I. The minimum absolute atomic E-state index is 0. The van der Waals surface area contributed by atoms with Crippen LogP contribution in [0, 0.1) is 12.7 Å². The molecule has 1 saturated heterocycles. The van der Waals surface area contributed by atoms with Gasteiger partial charge in [-0.15, -0.1) is 35.3 Å². The largest absolute Gasteiger partial charge is 0.356 e. The monoisotopic (exact) mass is 518 g/mol. The van der Waals surface area contributed by atoms with Crippen molar-refractivity contribution in [1.82, 2.24) is 20.6 Å². The van der Waals surface area contributed by atoms with Crippen molar-refractivity contribution in [2.45, 2.75) is 39.2 Å². The highest BCUT2D eigenvalue weighted by molar-refractivity contribution is 14.0. The highest BCUT2D eigenvalue weighted by atomic mass is 127. The summed E-state index contributed by atoms with van der Waals surface area (Å²) in [6.45, 7) is 6.53. The molecular weight excluding hydrogens is 490 g/mol. The van der Waals surface area contributed by atoms with Gasteiger partial charge in [0, 0.05) is 50.2 Å². The van der Waals surface area contributed by atoms with Crippen molar-refractivity contribution in [3.63, 3.8) is 0 Å². The van der Waals surface area contributed by atoms with E-state index in [0.29, 0.717) is 12.4 Å². The van der Waals surface area contributed by atoms with Gasteiger partial charge in [-0.1, -0.05) is 6.92 Å². The second kappa shape index (κ2) is 10.9. The average molecular weight is 518 g/mol. The normalized spacial score (nSPS) is 16.8. The van der Waals surface area contributed by atoms with Crippen LogP contribution in [0.2, 0.25) is 0 Å². The second-order valence-corrected chi connectivity index (χ2v) is 7.89. The van der Waals surface area contributed by atoms with Crippen LogP contribution in [0.4, 0.5) is 10.2 Å². The predicted octanol–water partition coefficient (Wildman–Crippen LogP) is 3.15. The van der Waals surface area contributed by atoms with Gasteiger partial charge in [0.25, 0.3) is 0 Å². The molecule has 2 aromatic rings. The van der Waals surface area contributed by atoms with Crippen LogP contribution in [0.3, 0.4) is 0 Å². The lowest BCUT2D eigenvalue weighted by atomic mass is 10.3. The number of rotatable bonds is 6. The minimum atomic E-state index is -0.272. The molecule has 0 aliphatic carbocycles. The van der Waals surface area contributed by atoms with Crippen molar-refractivity contribution < 1.29 is 4.39 Å². The molecule has 2 aromatic heterocycles. The zero-order chi connectivity index (χ0) is 19.2. The van der Waals surface area contributed by atoms with Gasteiger partial charge in [-0.05, 0) is 31.9 Å². The van der Waals surface area contributed by atoms with E-state index in [-0.39, 0.29) is 35.8 Å². The molecule has 3 heterocycles. The number of aryl methyl sites for hydroxylation is 2. The fourth-order valence-electron chi connectivity index (χ4n) is 3.28. The number of thiazole rings is 1. The molecule has 0 amide bonds. The Bertz CT molecular complexity index is 796. The van der Waals surface area contributed by atoms with Gasteiger partial charge >= 0.3 is 0 Å². The second-order valence-electron chi connectivity index (χ2n) is 6.60. The number of anilines is 1. The summed E-state index contributed by atoms with van der Waals surface area (Å²) in [5, 5.41) is 7.94. The lowest BCUT2D eigenvalue weighted by molar-refractivity contribution is 0.612. The van der Waals surface area contributed by atoms with E-state index in [2.05, 4.69) is 39.4 Å². The summed E-state index contributed by atoms with van der Waals surface area (Å²) < 4.78 is 13.9. The van der Waals surface area contributed by atoms with Gasteiger partial charge in [-0.3, -0.25) is 4.99 Å². The van der Waals surface area contributed by atoms with Gasteiger partial charge in [0.1, 0.15) is 0 Å². The summed E-state index contributed by atoms with van der Waals surface area (Å²) in [6, 6.07) is 3.28. The van der Waals surface area contributed by atoms with Crippen molar-refractivity contribution in [3.05, 3.63) is 39.7 Å². The summed E-state index contributed by atoms with van der Waals surface area (Å²) in [6.07, 6.45) is 4.41. The fraction of sp³-hybridized carbons (Fsp3) is 0.526. The van der Waals surface area contributed by atoms with Gasteiger partial charge in [-0.2, -0.15) is 0 Å². The maximum Gasteiger partial charge on any atom is 0.191 e. The molecule has 3 rings (SSSR count). The molecule has 1 aliphatic heterocycles. The quantitative estimate of drug-likeness (QED) is 0.350. The van der Waals surface area contributed by atoms with E-state index in [1.54, 1.807) is 30.6 Å². The van der Waals surface area contributed by atoms with E-state index in [4.69, 9.17) is 0 Å². The number of guanidine groups is 1. The molecule has 1 aliphatic rings. The average Bonchev–Trinajstić information content (AvgIpc) is 3.27. The van der Waals surface area contributed by atoms with Crippen LogP contribution >= 0.6 is 35.3 Å². The van der Waals surface area contributed by atoms with Crippen molar-refractivity contribution in [2.75, 3.05) is 31.6 Å². The Kier molecular flexibility index (Phi) is 8.87. The van der Waals surface area contributed by atoms with Crippen LogP contribution in [0.1, 0.15) is 28.9 Å². The summed E-state index contributed by atoms with van der Waals surface area (Å²) in [7, 11) is 1.77. The Balaban J connectivity index is 0.00000280. The van der Waals surface area contributed by atoms with E-state index < -0.39 is 0 Å². The van der Waals surface area contributed by atoms with Crippen molar-refractivity contribution >= 4 is 47.1 Å². The lowest BCUT2D eigenvalue weighted by Crippen LogP contribution is -2.45. The van der Waals surface area contributed by atoms with Gasteiger partial charge < -0.3 is 15.5 Å². The van der Waals surface area contributed by atoms with E-state index in [0.717, 1.165) is 43.3 Å². The molecule has 1 fully saturated rings. The summed E-state index contributed by atoms with van der Waals surface area (Å²) in [5.74, 6) is 0.925. The summed E-state index contributed by atoms with van der Waals surface area (Å²) in [5.41, 5.74) is 1.20. The summed E-state index contributed by atoms with van der Waals surface area (Å²) in [4.78, 5) is 16.4. The number of hydrogen-bond donors (Lipinski definition) is 2. The predicted molar refractivity (Wildman–Crippen MR) is 125 cm³/mol. The third-order valence-corrected chi connectivity index (χ3v) is 5.77. The topological polar surface area (TPSA) is 65.4 Å². The molecule has 0 saturated carbocycles. The Morgan fingerprint density at radius 2 is 2.29 bits per heavy atom. The van der Waals surface area contributed by atoms with E-state index >= 15 is 0 Å². The first-order valence-electron chi connectivity index (χ1n) is 9.38. The van der Waals surface area contributed by atoms with Crippen molar-refractivity contribution in [3.8, 4) is 0 Å². The van der Waals surface area contributed by atoms with E-state index in [1.807, 2.05) is 4.90 Å². The molecule has 9 heteroatoms. The maximum atomic E-state index is 13.9. The maximum absolute atomic E-state index is 13.9. The molecular formula is C19H28FIN6S. The Labute approximate surface area is 187 Å². The van der Waals surface area contributed by atoms with Gasteiger partial charge in [-0.25, -0.2) is 14.4 Å². The highest BCUT2D eigenvalue weighted by Crippen LogP contribution is 2.21. The van der Waals surface area contributed by atoms with Crippen LogP contribution in [0.25, 0.3) is 0 Å². The van der Waals surface area contributed by atoms with Crippen LogP contribution in [0.5, 0.6) is 0 Å². The van der Waals surface area contributed by atoms with Crippen LogP contribution in [0.15, 0.2) is 23.3 Å². The molecule has 0 aromatic carbocycles. The molecule has 0 spiro atoms. The molecule has 154 valence electrons. The van der Waals surface area contributed by atoms with Crippen LogP contribution in [-0.4, -0.2) is 48.7 Å². The zero-order valence-electron chi connectivity index (χ0n) is 16.5. The first-order chi connectivity index (χ1) is 13.1. The zero-order valence-corrected chi connectivity index (χ0v) is 19.7. The van der Waals surface area contributed by atoms with Gasteiger partial charge in [0.2, 0.25) is 0 Å². The molecule has 1 atom stereocenters. The number of aromatic nitrogens is 2. The number of hydrogen-bond acceptors (Lipinski definition) is 5. The Hall–Kier alpha value is -1.49. The number of pyridine rings is 1. The van der Waals surface area contributed by atoms with Gasteiger partial charge in [0.05, 0.1) is 10.7 Å². The standard InChI is InChI=1S/C19H27FN6S.HI/c1-4-16-13(2)27-17(25-16)7-10-23-19(21-3)24-14-8-11-26(12-14)18-15(20)6-5-9-22-18;/h5-6,9,14H,4,7-8,10-12H2,1-3H3,(H2,21,23,24);1H. The fourth-order valence-corrected chi connectivity index (χ4v) is 4.30. The molecule has 28 heavy (non-hydrogen) atoms. The van der Waals surface area contributed by atoms with Crippen molar-refractivity contribution in [2.24, 2.45) is 4.99 Å². The first-order valence-corrected chi connectivity index (χ1v) is 10.2. The third kappa shape index (κ3) is 5.76. The summed E-state index contributed by atoms with van der Waals surface area (Å²) >= 11 is 1.77. The first kappa shape index (κ1) is 22.8. The van der Waals surface area contributed by atoms with Crippen LogP contribution < -0.4 is 15.5 Å². The molecule has 2 N–H and O–H groups in total. The Morgan fingerprint density at radius 1 is 1.46 bits per heavy atom. The lowest BCUT2D eigenvalue weighted by Gasteiger charge is -2.19.